The second-order valence-corrected chi connectivity index (χ2v) is 4.68. The van der Waals surface area contributed by atoms with E-state index in [-0.39, 0.29) is 0 Å². The minimum atomic E-state index is -0.419. The van der Waals surface area contributed by atoms with Gasteiger partial charge in [-0.15, -0.1) is 0 Å². The number of ether oxygens (including phenoxy) is 1. The number of hydrogen-bond donors (Lipinski definition) is 0. The Hall–Kier alpha value is -1.87. The molecule has 0 amide bonds. The summed E-state index contributed by atoms with van der Waals surface area (Å²) in [5.41, 5.74) is 3.79. The van der Waals surface area contributed by atoms with E-state index in [4.69, 9.17) is 11.6 Å². The van der Waals surface area contributed by atoms with Crippen molar-refractivity contribution in [2.45, 2.75) is 13.8 Å². The third kappa shape index (κ3) is 2.76. The van der Waals surface area contributed by atoms with Crippen LogP contribution >= 0.6 is 11.6 Å². The van der Waals surface area contributed by atoms with Crippen molar-refractivity contribution in [3.63, 3.8) is 0 Å². The fraction of sp³-hybridized carbons (Fsp3) is 0.200. The summed E-state index contributed by atoms with van der Waals surface area (Å²) < 4.78 is 4.55. The zero-order valence-electron chi connectivity index (χ0n) is 11.0. The first kappa shape index (κ1) is 13.6. The van der Waals surface area contributed by atoms with Gasteiger partial charge >= 0.3 is 5.97 Å². The van der Waals surface area contributed by atoms with Crippen LogP contribution in [0.2, 0.25) is 5.15 Å². The summed E-state index contributed by atoms with van der Waals surface area (Å²) in [5.74, 6) is -0.419. The third-order valence-corrected chi connectivity index (χ3v) is 3.29. The summed E-state index contributed by atoms with van der Waals surface area (Å²) in [6.45, 7) is 4.01. The Morgan fingerprint density at radius 2 is 2.00 bits per heavy atom. The van der Waals surface area contributed by atoms with Gasteiger partial charge in [-0.05, 0) is 37.1 Å². The standard InChI is InChI=1S/C15H14ClNO2/c1-9-4-5-10(2)14-12(9)8-11(15(16)17-14)6-7-13(18)19-3/h4-8H,1-3H3/b7-6+. The number of esters is 1. The number of hydrogen-bond acceptors (Lipinski definition) is 3. The zero-order chi connectivity index (χ0) is 14.0. The molecule has 0 N–H and O–H groups in total. The fourth-order valence-electron chi connectivity index (χ4n) is 1.87. The van der Waals surface area contributed by atoms with Gasteiger partial charge in [-0.3, -0.25) is 0 Å². The van der Waals surface area contributed by atoms with Crippen molar-refractivity contribution >= 4 is 34.5 Å². The van der Waals surface area contributed by atoms with Crippen LogP contribution < -0.4 is 0 Å². The molecule has 19 heavy (non-hydrogen) atoms. The van der Waals surface area contributed by atoms with E-state index in [2.05, 4.69) is 9.72 Å². The quantitative estimate of drug-likeness (QED) is 0.477. The molecule has 0 aliphatic carbocycles. The van der Waals surface area contributed by atoms with Crippen LogP contribution in [-0.2, 0) is 9.53 Å². The van der Waals surface area contributed by atoms with Gasteiger partial charge in [-0.25, -0.2) is 9.78 Å². The molecule has 2 aromatic rings. The molecule has 0 saturated heterocycles. The van der Waals surface area contributed by atoms with Crippen molar-refractivity contribution in [1.29, 1.82) is 0 Å². The van der Waals surface area contributed by atoms with Crippen molar-refractivity contribution in [1.82, 2.24) is 4.98 Å². The van der Waals surface area contributed by atoms with E-state index in [1.807, 2.05) is 32.0 Å². The minimum Gasteiger partial charge on any atom is -0.466 e. The van der Waals surface area contributed by atoms with Gasteiger partial charge in [0.15, 0.2) is 0 Å². The van der Waals surface area contributed by atoms with Gasteiger partial charge in [0.2, 0.25) is 0 Å². The first-order valence-corrected chi connectivity index (χ1v) is 6.23. The molecule has 98 valence electrons. The molecular weight excluding hydrogens is 262 g/mol. The van der Waals surface area contributed by atoms with Gasteiger partial charge in [0.05, 0.1) is 12.6 Å². The molecule has 3 nitrogen and oxygen atoms in total. The number of aromatic nitrogens is 1. The van der Waals surface area contributed by atoms with Gasteiger partial charge < -0.3 is 4.74 Å². The topological polar surface area (TPSA) is 39.2 Å². The van der Waals surface area contributed by atoms with Crippen LogP contribution in [0, 0.1) is 13.8 Å². The van der Waals surface area contributed by atoms with Crippen LogP contribution in [0.1, 0.15) is 16.7 Å². The van der Waals surface area contributed by atoms with Crippen LogP contribution in [-0.4, -0.2) is 18.1 Å². The fourth-order valence-corrected chi connectivity index (χ4v) is 2.07. The molecule has 1 aromatic heterocycles. The van der Waals surface area contributed by atoms with Gasteiger partial charge in [0, 0.05) is 17.0 Å². The highest BCUT2D eigenvalue weighted by molar-refractivity contribution is 6.31. The predicted molar refractivity (Wildman–Crippen MR) is 77.3 cm³/mol. The zero-order valence-corrected chi connectivity index (χ0v) is 11.8. The normalized spacial score (nSPS) is 11.2. The SMILES string of the molecule is COC(=O)/C=C/c1cc2c(C)ccc(C)c2nc1Cl. The van der Waals surface area contributed by atoms with Crippen molar-refractivity contribution < 1.29 is 9.53 Å². The van der Waals surface area contributed by atoms with Crippen molar-refractivity contribution in [2.75, 3.05) is 7.11 Å². The number of rotatable bonds is 2. The van der Waals surface area contributed by atoms with E-state index in [9.17, 15) is 4.79 Å². The van der Waals surface area contributed by atoms with E-state index in [0.717, 1.165) is 22.0 Å². The second kappa shape index (κ2) is 5.41. The third-order valence-electron chi connectivity index (χ3n) is 2.98. The minimum absolute atomic E-state index is 0.376. The van der Waals surface area contributed by atoms with Gasteiger partial charge in [0.25, 0.3) is 0 Å². The molecule has 0 atom stereocenters. The average Bonchev–Trinajstić information content (AvgIpc) is 2.41. The van der Waals surface area contributed by atoms with Crippen molar-refractivity contribution in [3.05, 3.63) is 46.1 Å². The van der Waals surface area contributed by atoms with Gasteiger partial charge in [-0.1, -0.05) is 23.7 Å². The molecule has 0 radical (unpaired) electrons. The molecule has 0 aliphatic rings. The molecule has 0 unspecified atom stereocenters. The molecule has 0 bridgehead atoms. The number of pyridine rings is 1. The van der Waals surface area contributed by atoms with E-state index in [1.165, 1.54) is 13.2 Å². The number of halogens is 1. The highest BCUT2D eigenvalue weighted by Gasteiger charge is 2.07. The molecular formula is C15H14ClNO2. The average molecular weight is 276 g/mol. The van der Waals surface area contributed by atoms with Crippen LogP contribution in [0.25, 0.3) is 17.0 Å². The van der Waals surface area contributed by atoms with Crippen LogP contribution in [0.4, 0.5) is 0 Å². The Labute approximate surface area is 116 Å². The number of fused-ring (bicyclic) bond motifs is 1. The van der Waals surface area contributed by atoms with Crippen LogP contribution in [0.5, 0.6) is 0 Å². The van der Waals surface area contributed by atoms with Crippen LogP contribution in [0.3, 0.4) is 0 Å². The Morgan fingerprint density at radius 1 is 1.32 bits per heavy atom. The monoisotopic (exact) mass is 275 g/mol. The first-order chi connectivity index (χ1) is 9.02. The summed E-state index contributed by atoms with van der Waals surface area (Å²) in [6, 6.07) is 6.00. The summed E-state index contributed by atoms with van der Waals surface area (Å²) in [5, 5.41) is 1.41. The van der Waals surface area contributed by atoms with Gasteiger partial charge in [-0.2, -0.15) is 0 Å². The van der Waals surface area contributed by atoms with Gasteiger partial charge in [0.1, 0.15) is 5.15 Å². The molecule has 4 heteroatoms. The number of carbonyl (C=O) groups excluding carboxylic acids is 1. The van der Waals surface area contributed by atoms with Crippen molar-refractivity contribution in [3.8, 4) is 0 Å². The lowest BCUT2D eigenvalue weighted by atomic mass is 10.0. The Bertz CT molecular complexity index is 677. The number of methoxy groups -OCH3 is 1. The highest BCUT2D eigenvalue weighted by Crippen LogP contribution is 2.26. The molecule has 2 rings (SSSR count). The maximum Gasteiger partial charge on any atom is 0.330 e. The highest BCUT2D eigenvalue weighted by atomic mass is 35.5. The number of carbonyl (C=O) groups is 1. The lowest BCUT2D eigenvalue weighted by Gasteiger charge is -2.07. The van der Waals surface area contributed by atoms with Crippen molar-refractivity contribution in [2.24, 2.45) is 0 Å². The smallest absolute Gasteiger partial charge is 0.330 e. The lowest BCUT2D eigenvalue weighted by molar-refractivity contribution is -0.134. The Kier molecular flexibility index (Phi) is 3.86. The van der Waals surface area contributed by atoms with E-state index in [0.29, 0.717) is 10.7 Å². The largest absolute Gasteiger partial charge is 0.466 e. The van der Waals surface area contributed by atoms with Crippen LogP contribution in [0.15, 0.2) is 24.3 Å². The maximum atomic E-state index is 11.1. The molecule has 0 fully saturated rings. The summed E-state index contributed by atoms with van der Waals surface area (Å²) in [4.78, 5) is 15.5. The first-order valence-electron chi connectivity index (χ1n) is 5.85. The molecule has 0 aliphatic heterocycles. The Morgan fingerprint density at radius 3 is 2.68 bits per heavy atom. The molecule has 0 saturated carbocycles. The summed E-state index contributed by atoms with van der Waals surface area (Å²) in [7, 11) is 1.33. The molecule has 0 spiro atoms. The number of benzene rings is 1. The number of aryl methyl sites for hydroxylation is 2. The Balaban J connectivity index is 2.58. The maximum absolute atomic E-state index is 11.1. The lowest BCUT2D eigenvalue weighted by Crippen LogP contribution is -1.94. The molecule has 1 aromatic carbocycles. The molecule has 1 heterocycles. The number of nitrogens with zero attached hydrogens (tertiary/aromatic N) is 1. The second-order valence-electron chi connectivity index (χ2n) is 4.32. The van der Waals surface area contributed by atoms with E-state index < -0.39 is 5.97 Å². The van der Waals surface area contributed by atoms with E-state index >= 15 is 0 Å². The summed E-state index contributed by atoms with van der Waals surface area (Å²) >= 11 is 6.14. The van der Waals surface area contributed by atoms with E-state index in [1.54, 1.807) is 6.08 Å². The predicted octanol–water partition coefficient (Wildman–Crippen LogP) is 3.69. The summed E-state index contributed by atoms with van der Waals surface area (Å²) in [6.07, 6.45) is 2.95.